The molecule has 1 amide bonds. The minimum absolute atomic E-state index is 0.120. The third kappa shape index (κ3) is 3.89. The smallest absolute Gasteiger partial charge is 0.331 e. The lowest BCUT2D eigenvalue weighted by Gasteiger charge is -2.23. The summed E-state index contributed by atoms with van der Waals surface area (Å²) < 4.78 is 3.57. The lowest BCUT2D eigenvalue weighted by molar-refractivity contribution is -0.132. The van der Waals surface area contributed by atoms with Crippen LogP contribution >= 0.6 is 11.3 Å². The molecular formula is C24H22N4O3S. The molecule has 1 aliphatic rings. The van der Waals surface area contributed by atoms with Gasteiger partial charge in [-0.25, -0.2) is 9.78 Å². The van der Waals surface area contributed by atoms with Crippen LogP contribution in [0.5, 0.6) is 0 Å². The molecule has 4 aromatic rings. The monoisotopic (exact) mass is 446 g/mol. The lowest BCUT2D eigenvalue weighted by atomic mass is 10.2. The van der Waals surface area contributed by atoms with E-state index in [4.69, 9.17) is 4.98 Å². The number of benzene rings is 2. The molecule has 0 saturated carbocycles. The molecule has 0 radical (unpaired) electrons. The van der Waals surface area contributed by atoms with Crippen molar-refractivity contribution in [1.82, 2.24) is 19.0 Å². The van der Waals surface area contributed by atoms with Gasteiger partial charge in [-0.1, -0.05) is 42.5 Å². The number of fused-ring (bicyclic) bond motifs is 1. The van der Waals surface area contributed by atoms with Crippen molar-refractivity contribution >= 4 is 27.5 Å². The van der Waals surface area contributed by atoms with Gasteiger partial charge in [-0.2, -0.15) is 0 Å². The second-order valence-corrected chi connectivity index (χ2v) is 8.96. The molecule has 0 aliphatic carbocycles. The molecule has 1 atom stereocenters. The van der Waals surface area contributed by atoms with Gasteiger partial charge in [-0.3, -0.25) is 18.7 Å². The maximum absolute atomic E-state index is 13.2. The van der Waals surface area contributed by atoms with E-state index in [1.54, 1.807) is 16.2 Å². The van der Waals surface area contributed by atoms with Crippen molar-refractivity contribution in [1.29, 1.82) is 0 Å². The first-order chi connectivity index (χ1) is 15.6. The summed E-state index contributed by atoms with van der Waals surface area (Å²) in [5.41, 5.74) is 0.922. The minimum atomic E-state index is -0.481. The maximum Gasteiger partial charge on any atom is 0.331 e. The number of rotatable bonds is 5. The average Bonchev–Trinajstić information content (AvgIpc) is 3.46. The second-order valence-electron chi connectivity index (χ2n) is 7.90. The molecule has 162 valence electrons. The Bertz CT molecular complexity index is 1360. The summed E-state index contributed by atoms with van der Waals surface area (Å²) in [6.45, 7) is 0.667. The minimum Gasteiger partial charge on any atom is -0.332 e. The van der Waals surface area contributed by atoms with Crippen LogP contribution in [0, 0.1) is 0 Å². The highest BCUT2D eigenvalue weighted by atomic mass is 32.1. The molecular weight excluding hydrogens is 424 g/mol. The summed E-state index contributed by atoms with van der Waals surface area (Å²) in [7, 11) is 0. The van der Waals surface area contributed by atoms with Crippen molar-refractivity contribution in [3.63, 3.8) is 0 Å². The van der Waals surface area contributed by atoms with E-state index in [-0.39, 0.29) is 18.5 Å². The third-order valence-corrected chi connectivity index (χ3v) is 6.94. The number of thiazole rings is 1. The lowest BCUT2D eigenvalue weighted by Crippen LogP contribution is -2.44. The van der Waals surface area contributed by atoms with Gasteiger partial charge >= 0.3 is 5.69 Å². The van der Waals surface area contributed by atoms with Crippen molar-refractivity contribution in [2.75, 3.05) is 6.54 Å². The first-order valence-corrected chi connectivity index (χ1v) is 11.4. The van der Waals surface area contributed by atoms with Gasteiger partial charge in [-0.15, -0.1) is 11.3 Å². The molecule has 2 aromatic heterocycles. The van der Waals surface area contributed by atoms with Crippen LogP contribution in [-0.2, 0) is 17.9 Å². The Hall–Kier alpha value is -3.52. The predicted octanol–water partition coefficient (Wildman–Crippen LogP) is 3.03. The number of nitrogens with zero attached hydrogens (tertiary/aromatic N) is 4. The summed E-state index contributed by atoms with van der Waals surface area (Å²) in [5, 5.41) is 0.902. The number of para-hydroxylation sites is 1. The average molecular weight is 447 g/mol. The van der Waals surface area contributed by atoms with Crippen LogP contribution in [0.3, 0.4) is 0 Å². The Morgan fingerprint density at radius 2 is 1.81 bits per heavy atom. The highest BCUT2D eigenvalue weighted by Crippen LogP contribution is 2.36. The van der Waals surface area contributed by atoms with E-state index in [2.05, 4.69) is 0 Å². The molecule has 0 spiro atoms. The molecule has 8 heteroatoms. The van der Waals surface area contributed by atoms with E-state index in [0.717, 1.165) is 38.2 Å². The molecule has 32 heavy (non-hydrogen) atoms. The zero-order chi connectivity index (χ0) is 22.1. The van der Waals surface area contributed by atoms with Crippen LogP contribution in [0.25, 0.3) is 10.2 Å². The Morgan fingerprint density at radius 3 is 2.62 bits per heavy atom. The van der Waals surface area contributed by atoms with Gasteiger partial charge in [-0.05, 0) is 30.5 Å². The van der Waals surface area contributed by atoms with E-state index >= 15 is 0 Å². The van der Waals surface area contributed by atoms with Crippen LogP contribution in [0.1, 0.15) is 29.5 Å². The van der Waals surface area contributed by atoms with Crippen molar-refractivity contribution in [3.05, 3.63) is 98.3 Å². The van der Waals surface area contributed by atoms with Gasteiger partial charge in [0.2, 0.25) is 5.91 Å². The first kappa shape index (κ1) is 20.4. The van der Waals surface area contributed by atoms with E-state index in [9.17, 15) is 14.4 Å². The van der Waals surface area contributed by atoms with Gasteiger partial charge in [0.15, 0.2) is 0 Å². The number of aromatic nitrogens is 3. The zero-order valence-corrected chi connectivity index (χ0v) is 18.2. The van der Waals surface area contributed by atoms with Crippen molar-refractivity contribution in [2.24, 2.45) is 0 Å². The van der Waals surface area contributed by atoms with E-state index < -0.39 is 11.2 Å². The molecule has 2 aromatic carbocycles. The van der Waals surface area contributed by atoms with Crippen LogP contribution in [-0.4, -0.2) is 31.5 Å². The summed E-state index contributed by atoms with van der Waals surface area (Å²) in [4.78, 5) is 45.1. The fraction of sp³-hybridized carbons (Fsp3) is 0.250. The normalized spacial score (nSPS) is 16.0. The fourth-order valence-corrected chi connectivity index (χ4v) is 5.30. The Morgan fingerprint density at radius 1 is 1.03 bits per heavy atom. The number of hydrogen-bond acceptors (Lipinski definition) is 5. The van der Waals surface area contributed by atoms with E-state index in [1.165, 1.54) is 16.8 Å². The number of hydrogen-bond donors (Lipinski definition) is 0. The van der Waals surface area contributed by atoms with Gasteiger partial charge in [0.25, 0.3) is 5.56 Å². The van der Waals surface area contributed by atoms with Crippen molar-refractivity contribution in [2.45, 2.75) is 32.0 Å². The highest BCUT2D eigenvalue weighted by molar-refractivity contribution is 7.18. The van der Waals surface area contributed by atoms with Crippen LogP contribution in [0.15, 0.2) is 76.4 Å². The van der Waals surface area contributed by atoms with E-state index in [1.807, 2.05) is 54.6 Å². The summed E-state index contributed by atoms with van der Waals surface area (Å²) in [5.74, 6) is -0.233. The van der Waals surface area contributed by atoms with Crippen LogP contribution in [0.2, 0.25) is 0 Å². The quantitative estimate of drug-likeness (QED) is 0.472. The number of likely N-dealkylation sites (tertiary alicyclic amines) is 1. The van der Waals surface area contributed by atoms with Gasteiger partial charge in [0.05, 0.1) is 22.8 Å². The Kier molecular flexibility index (Phi) is 5.45. The molecule has 7 nitrogen and oxygen atoms in total. The van der Waals surface area contributed by atoms with Crippen molar-refractivity contribution in [3.8, 4) is 0 Å². The Balaban J connectivity index is 1.40. The largest absolute Gasteiger partial charge is 0.332 e. The van der Waals surface area contributed by atoms with Gasteiger partial charge in [0.1, 0.15) is 11.6 Å². The fourth-order valence-electron chi connectivity index (χ4n) is 4.18. The van der Waals surface area contributed by atoms with Crippen LogP contribution < -0.4 is 11.2 Å². The maximum atomic E-state index is 13.2. The second kappa shape index (κ2) is 8.55. The van der Waals surface area contributed by atoms with Gasteiger partial charge in [0, 0.05) is 18.8 Å². The Labute approximate surface area is 188 Å². The molecule has 1 saturated heterocycles. The molecule has 1 aliphatic heterocycles. The third-order valence-electron chi connectivity index (χ3n) is 5.80. The molecule has 1 unspecified atom stereocenters. The molecule has 0 N–H and O–H groups in total. The SMILES string of the molecule is O=C(Cn1c(=O)ccn(Cc2ccccc2)c1=O)N1CCCC1c1nc2ccccc2s1. The summed E-state index contributed by atoms with van der Waals surface area (Å²) in [6, 6.07) is 18.7. The van der Waals surface area contributed by atoms with E-state index in [0.29, 0.717) is 13.1 Å². The highest BCUT2D eigenvalue weighted by Gasteiger charge is 2.32. The molecule has 0 bridgehead atoms. The predicted molar refractivity (Wildman–Crippen MR) is 124 cm³/mol. The van der Waals surface area contributed by atoms with Crippen molar-refractivity contribution < 1.29 is 4.79 Å². The van der Waals surface area contributed by atoms with Gasteiger partial charge < -0.3 is 4.90 Å². The number of amides is 1. The summed E-state index contributed by atoms with van der Waals surface area (Å²) in [6.07, 6.45) is 3.18. The summed E-state index contributed by atoms with van der Waals surface area (Å²) >= 11 is 1.59. The standard InChI is InChI=1S/C24H22N4O3S/c29-21-12-14-26(15-17-7-2-1-3-8-17)24(31)28(21)16-22(30)27-13-6-10-19(27)23-25-18-9-4-5-11-20(18)32-23/h1-5,7-9,11-12,14,19H,6,10,13,15-16H2. The number of carbonyl (C=O) groups is 1. The number of carbonyl (C=O) groups excluding carboxylic acids is 1. The molecule has 3 heterocycles. The van der Waals surface area contributed by atoms with Crippen LogP contribution in [0.4, 0.5) is 0 Å². The zero-order valence-electron chi connectivity index (χ0n) is 17.4. The molecule has 5 rings (SSSR count). The first-order valence-electron chi connectivity index (χ1n) is 10.6. The topological polar surface area (TPSA) is 77.2 Å². The molecule has 1 fully saturated rings.